The highest BCUT2D eigenvalue weighted by Crippen LogP contribution is 2.26. The van der Waals surface area contributed by atoms with Crippen LogP contribution in [-0.4, -0.2) is 82.8 Å². The SMILES string of the molecule is CC(=O)c1cc(C(=O)NN(Cc2ccc(-c3cc(Cl)ccc3F)cc2)C[C@@H](O)C(=O)OCCCCN(C)C)[nH]n1. The van der Waals surface area contributed by atoms with Gasteiger partial charge in [0.25, 0.3) is 5.91 Å². The highest BCUT2D eigenvalue weighted by molar-refractivity contribution is 6.30. The van der Waals surface area contributed by atoms with E-state index in [1.807, 2.05) is 19.0 Å². The van der Waals surface area contributed by atoms with E-state index in [9.17, 15) is 23.9 Å². The molecule has 0 bridgehead atoms. The Morgan fingerprint density at radius 3 is 2.50 bits per heavy atom. The molecule has 3 N–H and O–H groups in total. The molecule has 0 unspecified atom stereocenters. The van der Waals surface area contributed by atoms with Gasteiger partial charge in [0.2, 0.25) is 0 Å². The van der Waals surface area contributed by atoms with E-state index in [1.165, 1.54) is 36.2 Å². The Balaban J connectivity index is 1.70. The summed E-state index contributed by atoms with van der Waals surface area (Å²) in [5.74, 6) is -2.16. The molecule has 0 aliphatic heterocycles. The van der Waals surface area contributed by atoms with Crippen molar-refractivity contribution in [3.05, 3.63) is 76.3 Å². The second kappa shape index (κ2) is 14.7. The standard InChI is InChI=1S/C28H33ClFN5O5/c1-18(36)24-15-25(32-31-24)27(38)33-35(17-26(37)28(39)40-13-5-4-12-34(2)3)16-19-6-8-20(9-7-19)22-14-21(29)10-11-23(22)30/h6-11,14-15,26,37H,4-5,12-13,16-17H2,1-3H3,(H,31,32)(H,33,38)/t26-/m1/s1. The number of ketones is 1. The van der Waals surface area contributed by atoms with Crippen molar-refractivity contribution in [1.82, 2.24) is 25.5 Å². The number of aromatic amines is 1. The van der Waals surface area contributed by atoms with E-state index in [4.69, 9.17) is 16.3 Å². The van der Waals surface area contributed by atoms with Crippen molar-refractivity contribution < 1.29 is 28.6 Å². The van der Waals surface area contributed by atoms with Crippen molar-refractivity contribution in [3.8, 4) is 11.1 Å². The number of amides is 1. The first kappa shape index (κ1) is 30.9. The third kappa shape index (κ3) is 9.23. The van der Waals surface area contributed by atoms with Gasteiger partial charge in [-0.25, -0.2) is 14.2 Å². The molecule has 0 spiro atoms. The summed E-state index contributed by atoms with van der Waals surface area (Å²) in [6, 6.07) is 12.5. The van der Waals surface area contributed by atoms with Crippen molar-refractivity contribution in [2.45, 2.75) is 32.4 Å². The van der Waals surface area contributed by atoms with Crippen LogP contribution in [0.25, 0.3) is 11.1 Å². The zero-order valence-corrected chi connectivity index (χ0v) is 23.4. The molecule has 0 fully saturated rings. The average Bonchev–Trinajstić information content (AvgIpc) is 3.41. The number of hydrogen-bond acceptors (Lipinski definition) is 8. The topological polar surface area (TPSA) is 128 Å². The zero-order valence-electron chi connectivity index (χ0n) is 22.6. The molecule has 0 saturated carbocycles. The fourth-order valence-corrected chi connectivity index (χ4v) is 3.96. The van der Waals surface area contributed by atoms with Crippen molar-refractivity contribution in [3.63, 3.8) is 0 Å². The van der Waals surface area contributed by atoms with E-state index in [0.717, 1.165) is 13.0 Å². The molecule has 0 aliphatic carbocycles. The zero-order chi connectivity index (χ0) is 29.2. The van der Waals surface area contributed by atoms with E-state index in [-0.39, 0.29) is 36.9 Å². The molecule has 10 nitrogen and oxygen atoms in total. The van der Waals surface area contributed by atoms with Crippen molar-refractivity contribution >= 4 is 29.3 Å². The number of carbonyl (C=O) groups is 3. The first-order valence-corrected chi connectivity index (χ1v) is 13.1. The molecular weight excluding hydrogens is 541 g/mol. The maximum Gasteiger partial charge on any atom is 0.336 e. The number of esters is 1. The lowest BCUT2D eigenvalue weighted by Crippen LogP contribution is -2.47. The van der Waals surface area contributed by atoms with Crippen LogP contribution in [-0.2, 0) is 16.1 Å². The molecule has 2 aromatic carbocycles. The number of hydrogen-bond donors (Lipinski definition) is 3. The minimum absolute atomic E-state index is 0.0277. The fraction of sp³-hybridized carbons (Fsp3) is 0.357. The summed E-state index contributed by atoms with van der Waals surface area (Å²) in [4.78, 5) is 38.8. The first-order valence-electron chi connectivity index (χ1n) is 12.7. The van der Waals surface area contributed by atoms with Crippen LogP contribution in [0.1, 0.15) is 46.3 Å². The number of halogens is 2. The maximum atomic E-state index is 14.3. The number of hydrazine groups is 1. The number of Topliss-reactive ketones (excluding diaryl/α,β-unsaturated/α-hetero) is 1. The lowest BCUT2D eigenvalue weighted by Gasteiger charge is -2.25. The molecule has 12 heteroatoms. The lowest BCUT2D eigenvalue weighted by atomic mass is 10.0. The van der Waals surface area contributed by atoms with Crippen LogP contribution in [0.4, 0.5) is 4.39 Å². The van der Waals surface area contributed by atoms with Crippen molar-refractivity contribution in [2.24, 2.45) is 0 Å². The van der Waals surface area contributed by atoms with Gasteiger partial charge < -0.3 is 14.7 Å². The quantitative estimate of drug-likeness (QED) is 0.116. The van der Waals surface area contributed by atoms with Gasteiger partial charge in [0.15, 0.2) is 11.9 Å². The fourth-order valence-electron chi connectivity index (χ4n) is 3.78. The number of ether oxygens (including phenoxy) is 1. The maximum absolute atomic E-state index is 14.3. The molecule has 1 amide bonds. The number of carbonyl (C=O) groups excluding carboxylic acids is 3. The highest BCUT2D eigenvalue weighted by Gasteiger charge is 2.23. The first-order chi connectivity index (χ1) is 19.0. The van der Waals surface area contributed by atoms with E-state index in [1.54, 1.807) is 24.3 Å². The molecule has 0 saturated heterocycles. The van der Waals surface area contributed by atoms with E-state index in [0.29, 0.717) is 28.1 Å². The number of benzene rings is 2. The van der Waals surface area contributed by atoms with E-state index in [2.05, 4.69) is 15.6 Å². The second-order valence-electron chi connectivity index (χ2n) is 9.56. The number of nitrogens with one attached hydrogen (secondary N) is 2. The summed E-state index contributed by atoms with van der Waals surface area (Å²) < 4.78 is 19.5. The normalized spacial score (nSPS) is 12.0. The largest absolute Gasteiger partial charge is 0.464 e. The van der Waals surface area contributed by atoms with Crippen molar-refractivity contribution in [1.29, 1.82) is 0 Å². The van der Waals surface area contributed by atoms with E-state index >= 15 is 0 Å². The summed E-state index contributed by atoms with van der Waals surface area (Å²) in [5.41, 5.74) is 4.40. The Bertz CT molecular complexity index is 1310. The number of rotatable bonds is 14. The molecule has 1 atom stereocenters. The van der Waals surface area contributed by atoms with Crippen LogP contribution in [0.3, 0.4) is 0 Å². The number of aliphatic hydroxyl groups excluding tert-OH is 1. The van der Waals surface area contributed by atoms with Gasteiger partial charge in [0, 0.05) is 24.1 Å². The molecule has 3 rings (SSSR count). The van der Waals surface area contributed by atoms with Gasteiger partial charge in [0.05, 0.1) is 13.2 Å². The van der Waals surface area contributed by atoms with Crippen LogP contribution in [0, 0.1) is 5.82 Å². The van der Waals surface area contributed by atoms with Crippen LogP contribution in [0.5, 0.6) is 0 Å². The Morgan fingerprint density at radius 1 is 1.12 bits per heavy atom. The number of nitrogens with zero attached hydrogens (tertiary/aromatic N) is 3. The highest BCUT2D eigenvalue weighted by atomic mass is 35.5. The molecule has 0 aliphatic rings. The average molecular weight is 574 g/mol. The molecule has 40 heavy (non-hydrogen) atoms. The van der Waals surface area contributed by atoms with Crippen LogP contribution >= 0.6 is 11.6 Å². The smallest absolute Gasteiger partial charge is 0.336 e. The van der Waals surface area contributed by atoms with Gasteiger partial charge in [-0.05, 0) is 68.9 Å². The number of unbranched alkanes of at least 4 members (excludes halogenated alkanes) is 1. The summed E-state index contributed by atoms with van der Waals surface area (Å²) in [5, 5.41) is 18.6. The predicted molar refractivity (Wildman–Crippen MR) is 148 cm³/mol. The number of H-pyrrole nitrogens is 1. The molecule has 1 aromatic heterocycles. The molecule has 1 heterocycles. The summed E-state index contributed by atoms with van der Waals surface area (Å²) in [6.07, 6.45) is -0.0572. The van der Waals surface area contributed by atoms with Crippen molar-refractivity contribution in [2.75, 3.05) is 33.8 Å². The second-order valence-corrected chi connectivity index (χ2v) is 10.00. The van der Waals surface area contributed by atoms with Gasteiger partial charge >= 0.3 is 5.97 Å². The Morgan fingerprint density at radius 2 is 1.85 bits per heavy atom. The molecular formula is C28H33ClFN5O5. The number of aliphatic hydroxyl groups is 1. The molecule has 3 aromatic rings. The van der Waals surface area contributed by atoms with Gasteiger partial charge in [-0.15, -0.1) is 0 Å². The van der Waals surface area contributed by atoms with Crippen LogP contribution in [0.15, 0.2) is 48.5 Å². The van der Waals surface area contributed by atoms with Gasteiger partial charge in [-0.3, -0.25) is 20.1 Å². The van der Waals surface area contributed by atoms with Gasteiger partial charge in [-0.2, -0.15) is 5.10 Å². The molecule has 0 radical (unpaired) electrons. The summed E-state index contributed by atoms with van der Waals surface area (Å²) >= 11 is 6.02. The molecule has 214 valence electrons. The van der Waals surface area contributed by atoms with E-state index < -0.39 is 23.8 Å². The van der Waals surface area contributed by atoms with Gasteiger partial charge in [0.1, 0.15) is 17.2 Å². The third-order valence-corrected chi connectivity index (χ3v) is 6.15. The minimum Gasteiger partial charge on any atom is -0.464 e. The Labute approximate surface area is 237 Å². The third-order valence-electron chi connectivity index (χ3n) is 5.92. The number of aromatic nitrogens is 2. The summed E-state index contributed by atoms with van der Waals surface area (Å²) in [6.45, 7) is 2.15. The van der Waals surface area contributed by atoms with Gasteiger partial charge in [-0.1, -0.05) is 35.9 Å². The Kier molecular flexibility index (Phi) is 11.3. The minimum atomic E-state index is -1.54. The van der Waals surface area contributed by atoms with Crippen LogP contribution < -0.4 is 5.43 Å². The van der Waals surface area contributed by atoms with Crippen LogP contribution in [0.2, 0.25) is 5.02 Å². The Hall–Kier alpha value is -3.64. The monoisotopic (exact) mass is 573 g/mol. The summed E-state index contributed by atoms with van der Waals surface area (Å²) in [7, 11) is 3.90. The lowest BCUT2D eigenvalue weighted by molar-refractivity contribution is -0.155. The predicted octanol–water partition coefficient (Wildman–Crippen LogP) is 3.46.